The van der Waals surface area contributed by atoms with Crippen molar-refractivity contribution in [2.75, 3.05) is 23.7 Å². The molecule has 1 aromatic heterocycles. The number of anilines is 2. The summed E-state index contributed by atoms with van der Waals surface area (Å²) in [6.45, 7) is 7.86. The molecule has 0 spiro atoms. The number of hydrogen-bond donors (Lipinski definition) is 3. The van der Waals surface area contributed by atoms with Crippen LogP contribution < -0.4 is 10.6 Å². The van der Waals surface area contributed by atoms with Crippen molar-refractivity contribution >= 4 is 47.3 Å². The van der Waals surface area contributed by atoms with Crippen molar-refractivity contribution in [3.63, 3.8) is 0 Å². The van der Waals surface area contributed by atoms with Crippen LogP contribution in [-0.4, -0.2) is 45.9 Å². The van der Waals surface area contributed by atoms with Crippen LogP contribution in [0.3, 0.4) is 0 Å². The Labute approximate surface area is 193 Å². The third-order valence-electron chi connectivity index (χ3n) is 5.36. The van der Waals surface area contributed by atoms with Gasteiger partial charge >= 0.3 is 0 Å². The second-order valence-electron chi connectivity index (χ2n) is 7.92. The highest BCUT2D eigenvalue weighted by Crippen LogP contribution is 2.33. The van der Waals surface area contributed by atoms with Crippen LogP contribution in [0.15, 0.2) is 30.5 Å². The van der Waals surface area contributed by atoms with E-state index in [1.54, 1.807) is 12.3 Å². The Hall–Kier alpha value is -2.35. The van der Waals surface area contributed by atoms with Gasteiger partial charge in [0, 0.05) is 29.2 Å². The summed E-state index contributed by atoms with van der Waals surface area (Å²) in [5.74, 6) is -0.793. The molecule has 1 saturated heterocycles. The number of carbonyl (C=O) groups excluding carboxylic acids is 2. The van der Waals surface area contributed by atoms with Crippen molar-refractivity contribution in [1.82, 2.24) is 9.88 Å². The van der Waals surface area contributed by atoms with E-state index in [2.05, 4.69) is 34.4 Å². The number of likely N-dealkylation sites (tertiary alicyclic amines) is 1. The van der Waals surface area contributed by atoms with E-state index in [0.29, 0.717) is 11.9 Å². The van der Waals surface area contributed by atoms with E-state index in [9.17, 15) is 14.7 Å². The van der Waals surface area contributed by atoms with Gasteiger partial charge in [0.1, 0.15) is 11.6 Å². The van der Waals surface area contributed by atoms with Gasteiger partial charge in [-0.1, -0.05) is 17.7 Å². The van der Waals surface area contributed by atoms with Gasteiger partial charge in [-0.2, -0.15) is 0 Å². The summed E-state index contributed by atoms with van der Waals surface area (Å²) < 4.78 is 0. The molecule has 0 saturated carbocycles. The fourth-order valence-corrected chi connectivity index (χ4v) is 3.74. The molecule has 9 heteroatoms. The molecule has 1 aromatic carbocycles. The van der Waals surface area contributed by atoms with Crippen LogP contribution in [0.25, 0.3) is 0 Å². The molecule has 0 bridgehead atoms. The molecule has 2 aromatic rings. The number of aromatic hydroxyl groups is 1. The Morgan fingerprint density at radius 3 is 2.45 bits per heavy atom. The van der Waals surface area contributed by atoms with Crippen LogP contribution in [0.4, 0.5) is 11.5 Å². The van der Waals surface area contributed by atoms with Gasteiger partial charge in [-0.05, 0) is 64.4 Å². The third kappa shape index (κ3) is 6.32. The number of aromatic nitrogens is 1. The topological polar surface area (TPSA) is 94.6 Å². The summed E-state index contributed by atoms with van der Waals surface area (Å²) >= 11 is 6.05. The first-order valence-electron chi connectivity index (χ1n) is 10.1. The summed E-state index contributed by atoms with van der Waals surface area (Å²) in [7, 11) is 0. The lowest BCUT2D eigenvalue weighted by Gasteiger charge is -2.34. The molecular weight excluding hydrogens is 439 g/mol. The highest BCUT2D eigenvalue weighted by Gasteiger charge is 2.28. The number of nitrogens with zero attached hydrogens (tertiary/aromatic N) is 2. The molecule has 1 aliphatic heterocycles. The second kappa shape index (κ2) is 10.8. The maximum atomic E-state index is 12.8. The molecule has 2 heterocycles. The first-order valence-corrected chi connectivity index (χ1v) is 10.4. The fraction of sp³-hybridized carbons (Fsp3) is 0.409. The van der Waals surface area contributed by atoms with Crippen molar-refractivity contribution in [1.29, 1.82) is 0 Å². The molecule has 3 rings (SSSR count). The van der Waals surface area contributed by atoms with Crippen LogP contribution in [0, 0.1) is 12.8 Å². The lowest BCUT2D eigenvalue weighted by Crippen LogP contribution is -2.41. The van der Waals surface area contributed by atoms with Crippen LogP contribution in [0.5, 0.6) is 5.75 Å². The Balaban J connectivity index is 0.00000341. The molecule has 31 heavy (non-hydrogen) atoms. The van der Waals surface area contributed by atoms with Gasteiger partial charge in [-0.3, -0.25) is 9.59 Å². The van der Waals surface area contributed by atoms with Gasteiger partial charge in [0.2, 0.25) is 5.91 Å². The van der Waals surface area contributed by atoms with E-state index >= 15 is 0 Å². The molecule has 1 aliphatic rings. The average Bonchev–Trinajstić information content (AvgIpc) is 2.71. The summed E-state index contributed by atoms with van der Waals surface area (Å²) in [6.07, 6.45) is 3.09. The van der Waals surface area contributed by atoms with E-state index in [-0.39, 0.29) is 46.3 Å². The molecular formula is C22H28Cl2N4O3. The monoisotopic (exact) mass is 466 g/mol. The standard InChI is InChI=1S/C22H27ClN4O3.ClH/c1-13(2)27-8-6-15(7-9-27)21(29)26-20-17(10-16(23)11-18(20)28)22(30)25-19-5-4-14(3)12-24-19;/h4-5,10-13,15,28H,6-9H2,1-3H3,(H,26,29)(H,24,25,30);1H. The van der Waals surface area contributed by atoms with E-state index in [4.69, 9.17) is 11.6 Å². The summed E-state index contributed by atoms with van der Waals surface area (Å²) in [4.78, 5) is 32.1. The zero-order chi connectivity index (χ0) is 21.8. The van der Waals surface area contributed by atoms with Crippen molar-refractivity contribution < 1.29 is 14.7 Å². The SMILES string of the molecule is Cc1ccc(NC(=O)c2cc(Cl)cc(O)c2NC(=O)C2CCN(C(C)C)CC2)nc1.Cl. The Morgan fingerprint density at radius 2 is 1.87 bits per heavy atom. The van der Waals surface area contributed by atoms with Crippen molar-refractivity contribution in [3.8, 4) is 5.75 Å². The van der Waals surface area contributed by atoms with Crippen LogP contribution in [0.2, 0.25) is 5.02 Å². The van der Waals surface area contributed by atoms with Crippen molar-refractivity contribution in [2.24, 2.45) is 5.92 Å². The normalized spacial score (nSPS) is 14.7. The van der Waals surface area contributed by atoms with Crippen molar-refractivity contribution in [2.45, 2.75) is 39.7 Å². The number of pyridine rings is 1. The molecule has 0 unspecified atom stereocenters. The summed E-state index contributed by atoms with van der Waals surface area (Å²) in [6, 6.07) is 6.67. The average molecular weight is 467 g/mol. The quantitative estimate of drug-likeness (QED) is 0.564. The molecule has 0 aliphatic carbocycles. The smallest absolute Gasteiger partial charge is 0.259 e. The zero-order valence-electron chi connectivity index (χ0n) is 17.8. The van der Waals surface area contributed by atoms with Gasteiger partial charge in [0.05, 0.1) is 11.3 Å². The minimum atomic E-state index is -0.519. The lowest BCUT2D eigenvalue weighted by atomic mass is 9.95. The van der Waals surface area contributed by atoms with Gasteiger partial charge in [-0.25, -0.2) is 4.98 Å². The first-order chi connectivity index (χ1) is 14.2. The first kappa shape index (κ1) is 24.9. The number of phenolic OH excluding ortho intramolecular Hbond substituents is 1. The number of piperidine rings is 1. The van der Waals surface area contributed by atoms with Crippen LogP contribution in [-0.2, 0) is 4.79 Å². The van der Waals surface area contributed by atoms with Crippen molar-refractivity contribution in [3.05, 3.63) is 46.6 Å². The number of nitrogens with one attached hydrogen (secondary N) is 2. The molecule has 3 N–H and O–H groups in total. The number of aryl methyl sites for hydroxylation is 1. The fourth-order valence-electron chi connectivity index (χ4n) is 3.53. The van der Waals surface area contributed by atoms with Gasteiger partial charge < -0.3 is 20.6 Å². The van der Waals surface area contributed by atoms with Gasteiger partial charge in [-0.15, -0.1) is 12.4 Å². The minimum absolute atomic E-state index is 0. The number of phenols is 1. The number of carbonyl (C=O) groups is 2. The third-order valence-corrected chi connectivity index (χ3v) is 5.58. The lowest BCUT2D eigenvalue weighted by molar-refractivity contribution is -0.121. The predicted molar refractivity (Wildman–Crippen MR) is 125 cm³/mol. The number of amides is 2. The van der Waals surface area contributed by atoms with E-state index in [0.717, 1.165) is 31.5 Å². The highest BCUT2D eigenvalue weighted by atomic mass is 35.5. The summed E-state index contributed by atoms with van der Waals surface area (Å²) in [5, 5.41) is 16.0. The molecule has 168 valence electrons. The van der Waals surface area contributed by atoms with Gasteiger partial charge in [0.25, 0.3) is 5.91 Å². The van der Waals surface area contributed by atoms with Crippen LogP contribution in [0.1, 0.15) is 42.6 Å². The number of hydrogen-bond acceptors (Lipinski definition) is 5. The Kier molecular flexibility index (Phi) is 8.68. The molecule has 7 nitrogen and oxygen atoms in total. The van der Waals surface area contributed by atoms with Crippen LogP contribution >= 0.6 is 24.0 Å². The minimum Gasteiger partial charge on any atom is -0.506 e. The number of rotatable bonds is 5. The Bertz CT molecular complexity index is 927. The molecule has 0 radical (unpaired) electrons. The van der Waals surface area contributed by atoms with E-state index < -0.39 is 5.91 Å². The van der Waals surface area contributed by atoms with E-state index in [1.165, 1.54) is 12.1 Å². The highest BCUT2D eigenvalue weighted by molar-refractivity contribution is 6.31. The molecule has 0 atom stereocenters. The largest absolute Gasteiger partial charge is 0.506 e. The van der Waals surface area contributed by atoms with E-state index in [1.807, 2.05) is 13.0 Å². The number of halogens is 2. The molecule has 1 fully saturated rings. The Morgan fingerprint density at radius 1 is 1.19 bits per heavy atom. The second-order valence-corrected chi connectivity index (χ2v) is 8.35. The maximum Gasteiger partial charge on any atom is 0.259 e. The number of benzene rings is 1. The summed E-state index contributed by atoms with van der Waals surface area (Å²) in [5.41, 5.74) is 1.10. The van der Waals surface area contributed by atoms with Gasteiger partial charge in [0.15, 0.2) is 0 Å². The maximum absolute atomic E-state index is 12.8. The molecule has 2 amide bonds. The zero-order valence-corrected chi connectivity index (χ0v) is 19.4. The predicted octanol–water partition coefficient (Wildman–Crippen LogP) is 4.48.